The van der Waals surface area contributed by atoms with Crippen molar-refractivity contribution in [3.63, 3.8) is 0 Å². The van der Waals surface area contributed by atoms with Gasteiger partial charge in [-0.15, -0.1) is 0 Å². The molecule has 0 unspecified atom stereocenters. The van der Waals surface area contributed by atoms with E-state index in [-0.39, 0.29) is 37.7 Å². The molecule has 0 aromatic heterocycles. The number of alkyl carbamates (subject to hydrolysis) is 1. The molecule has 4 amide bonds. The lowest BCUT2D eigenvalue weighted by atomic mass is 9.77. The third-order valence-corrected chi connectivity index (χ3v) is 9.34. The molecule has 0 aliphatic carbocycles. The first kappa shape index (κ1) is 45.5. The molecular formula is C48H58N4O7. The van der Waals surface area contributed by atoms with Crippen molar-refractivity contribution in [2.45, 2.75) is 96.5 Å². The molecule has 0 spiro atoms. The normalized spacial score (nSPS) is 13.1. The van der Waals surface area contributed by atoms with E-state index < -0.39 is 53.1 Å². The van der Waals surface area contributed by atoms with Gasteiger partial charge in [-0.1, -0.05) is 141 Å². The Morgan fingerprint density at radius 3 is 1.63 bits per heavy atom. The Hall–Kier alpha value is -6.23. The van der Waals surface area contributed by atoms with E-state index in [1.165, 1.54) is 12.2 Å². The van der Waals surface area contributed by atoms with Crippen molar-refractivity contribution in [1.82, 2.24) is 21.3 Å². The molecule has 59 heavy (non-hydrogen) atoms. The fourth-order valence-corrected chi connectivity index (χ4v) is 6.71. The summed E-state index contributed by atoms with van der Waals surface area (Å²) in [6.45, 7) is 10.9. The third kappa shape index (κ3) is 14.3. The van der Waals surface area contributed by atoms with E-state index in [0.29, 0.717) is 6.42 Å². The number of hydrogen-bond acceptors (Lipinski definition) is 7. The first-order valence-electron chi connectivity index (χ1n) is 20.2. The Bertz CT molecular complexity index is 1880. The van der Waals surface area contributed by atoms with Crippen molar-refractivity contribution in [3.05, 3.63) is 156 Å². The molecule has 0 radical (unpaired) electrons. The summed E-state index contributed by atoms with van der Waals surface area (Å²) in [4.78, 5) is 67.6. The summed E-state index contributed by atoms with van der Waals surface area (Å²) in [7, 11) is 0. The van der Waals surface area contributed by atoms with Crippen LogP contribution in [-0.2, 0) is 40.6 Å². The minimum Gasteiger partial charge on any atom is -0.463 e. The molecule has 0 saturated heterocycles. The fourth-order valence-electron chi connectivity index (χ4n) is 6.71. The molecule has 312 valence electrons. The van der Waals surface area contributed by atoms with Crippen molar-refractivity contribution >= 4 is 29.8 Å². The number of rotatable bonds is 19. The Morgan fingerprint density at radius 2 is 1.15 bits per heavy atom. The van der Waals surface area contributed by atoms with E-state index in [4.69, 9.17) is 9.47 Å². The number of nitrogens with one attached hydrogen (secondary N) is 4. The average Bonchev–Trinajstić information content (AvgIpc) is 3.21. The molecule has 0 fully saturated rings. The summed E-state index contributed by atoms with van der Waals surface area (Å²) in [5, 5.41) is 11.8. The van der Waals surface area contributed by atoms with Gasteiger partial charge in [0, 0.05) is 25.0 Å². The topological polar surface area (TPSA) is 152 Å². The van der Waals surface area contributed by atoms with Crippen LogP contribution in [0.25, 0.3) is 0 Å². The van der Waals surface area contributed by atoms with E-state index in [0.717, 1.165) is 22.3 Å². The maximum absolute atomic E-state index is 14.3. The van der Waals surface area contributed by atoms with Crippen molar-refractivity contribution in [2.75, 3.05) is 6.61 Å². The van der Waals surface area contributed by atoms with E-state index >= 15 is 0 Å². The van der Waals surface area contributed by atoms with Crippen LogP contribution >= 0.6 is 0 Å². The maximum Gasteiger partial charge on any atom is 0.408 e. The lowest BCUT2D eigenvalue weighted by Crippen LogP contribution is -2.56. The van der Waals surface area contributed by atoms with Crippen molar-refractivity contribution in [2.24, 2.45) is 5.92 Å². The van der Waals surface area contributed by atoms with Gasteiger partial charge in [-0.2, -0.15) is 0 Å². The van der Waals surface area contributed by atoms with Gasteiger partial charge in [0.25, 0.3) is 0 Å². The summed E-state index contributed by atoms with van der Waals surface area (Å²) in [5.41, 5.74) is 1.52. The van der Waals surface area contributed by atoms with Crippen LogP contribution in [-0.4, -0.2) is 60.1 Å². The molecule has 0 aliphatic rings. The van der Waals surface area contributed by atoms with Gasteiger partial charge in [0.15, 0.2) is 0 Å². The summed E-state index contributed by atoms with van der Waals surface area (Å²) in [6.07, 6.45) is 2.45. The van der Waals surface area contributed by atoms with Crippen LogP contribution in [0, 0.1) is 5.92 Å². The molecule has 11 heteroatoms. The summed E-state index contributed by atoms with van der Waals surface area (Å²) >= 11 is 0. The van der Waals surface area contributed by atoms with Crippen LogP contribution in [0.1, 0.15) is 83.1 Å². The van der Waals surface area contributed by atoms with Gasteiger partial charge in [-0.05, 0) is 68.7 Å². The monoisotopic (exact) mass is 802 g/mol. The van der Waals surface area contributed by atoms with Gasteiger partial charge in [0.2, 0.25) is 17.7 Å². The highest BCUT2D eigenvalue weighted by molar-refractivity contribution is 5.92. The highest BCUT2D eigenvalue weighted by Crippen LogP contribution is 2.37. The number of esters is 1. The number of ether oxygens (including phenoxy) is 2. The van der Waals surface area contributed by atoms with E-state index in [9.17, 15) is 24.0 Å². The predicted molar refractivity (Wildman–Crippen MR) is 229 cm³/mol. The molecule has 3 atom stereocenters. The summed E-state index contributed by atoms with van der Waals surface area (Å²) in [6, 6.07) is 35.5. The highest BCUT2D eigenvalue weighted by Gasteiger charge is 2.38. The smallest absolute Gasteiger partial charge is 0.408 e. The highest BCUT2D eigenvalue weighted by atomic mass is 16.6. The van der Waals surface area contributed by atoms with E-state index in [1.807, 2.05) is 135 Å². The van der Waals surface area contributed by atoms with Gasteiger partial charge in [0.1, 0.15) is 23.2 Å². The zero-order valence-electron chi connectivity index (χ0n) is 34.9. The van der Waals surface area contributed by atoms with Gasteiger partial charge in [-0.25, -0.2) is 9.59 Å². The standard InChI is InChI=1S/C48H58N4O7/c1-7-58-43(54)31-29-39(28-30-42(53)52-48(36-22-14-9-15-23-36,37-24-16-10-17-25-37)38-26-18-11-19-27-38)49-44(55)41(33-35-20-12-8-13-21-35)50-45(56)40(32-34(2)3)51-46(57)59-47(4,5)6/h8-27,29,31,34,39-41H,7,28,30,32-33H2,1-6H3,(H,49,55)(H,50,56)(H,51,57)(H,52,53)/b31-29+/t39-,40-,41-/m0/s1. The quantitative estimate of drug-likeness (QED) is 0.0447. The predicted octanol–water partition coefficient (Wildman–Crippen LogP) is 7.15. The second-order valence-corrected chi connectivity index (χ2v) is 15.7. The second kappa shape index (κ2) is 22.1. The molecule has 0 aliphatic heterocycles. The molecular weight excluding hydrogens is 745 g/mol. The second-order valence-electron chi connectivity index (χ2n) is 15.7. The van der Waals surface area contributed by atoms with Crippen LogP contribution in [0.3, 0.4) is 0 Å². The molecule has 11 nitrogen and oxygen atoms in total. The minimum absolute atomic E-state index is 0.0232. The Labute approximate surface area is 348 Å². The lowest BCUT2D eigenvalue weighted by molar-refractivity contribution is -0.137. The number of carbonyl (C=O) groups is 5. The number of benzene rings is 4. The zero-order valence-corrected chi connectivity index (χ0v) is 34.9. The maximum atomic E-state index is 14.3. The van der Waals surface area contributed by atoms with Gasteiger partial charge in [-0.3, -0.25) is 14.4 Å². The van der Waals surface area contributed by atoms with Crippen LogP contribution in [0.15, 0.2) is 133 Å². The van der Waals surface area contributed by atoms with Gasteiger partial charge < -0.3 is 30.7 Å². The molecule has 0 heterocycles. The SMILES string of the molecule is CCOC(=O)/C=C/[C@H](CCC(=O)NC(c1ccccc1)(c1ccccc1)c1ccccc1)NC(=O)[C@H](Cc1ccccc1)NC(=O)[C@H](CC(C)C)NC(=O)OC(C)(C)C. The fraction of sp³-hybridized carbons (Fsp3) is 0.354. The summed E-state index contributed by atoms with van der Waals surface area (Å²) in [5.74, 6) is -1.99. The van der Waals surface area contributed by atoms with Crippen molar-refractivity contribution < 1.29 is 33.4 Å². The zero-order chi connectivity index (χ0) is 42.8. The van der Waals surface area contributed by atoms with Crippen molar-refractivity contribution in [1.29, 1.82) is 0 Å². The molecule has 4 aromatic rings. The first-order chi connectivity index (χ1) is 28.2. The molecule has 0 saturated carbocycles. The van der Waals surface area contributed by atoms with Crippen LogP contribution in [0.2, 0.25) is 0 Å². The number of amides is 4. The Kier molecular flexibility index (Phi) is 17.0. The van der Waals surface area contributed by atoms with E-state index in [2.05, 4.69) is 21.3 Å². The number of hydrogen-bond donors (Lipinski definition) is 4. The first-order valence-corrected chi connectivity index (χ1v) is 20.2. The summed E-state index contributed by atoms with van der Waals surface area (Å²) < 4.78 is 10.5. The van der Waals surface area contributed by atoms with Crippen LogP contribution in [0.5, 0.6) is 0 Å². The lowest BCUT2D eigenvalue weighted by Gasteiger charge is -2.37. The average molecular weight is 803 g/mol. The Morgan fingerprint density at radius 1 is 0.661 bits per heavy atom. The van der Waals surface area contributed by atoms with Gasteiger partial charge >= 0.3 is 12.1 Å². The molecule has 4 aromatic carbocycles. The van der Waals surface area contributed by atoms with Crippen molar-refractivity contribution in [3.8, 4) is 0 Å². The third-order valence-electron chi connectivity index (χ3n) is 9.34. The Balaban J connectivity index is 1.62. The molecule has 4 N–H and O–H groups in total. The van der Waals surface area contributed by atoms with E-state index in [1.54, 1.807) is 27.7 Å². The molecule has 4 rings (SSSR count). The van der Waals surface area contributed by atoms with Gasteiger partial charge in [0.05, 0.1) is 6.61 Å². The number of carbonyl (C=O) groups excluding carboxylic acids is 5. The van der Waals surface area contributed by atoms with Crippen LogP contribution < -0.4 is 21.3 Å². The van der Waals surface area contributed by atoms with Crippen LogP contribution in [0.4, 0.5) is 4.79 Å². The molecule has 0 bridgehead atoms. The minimum atomic E-state index is -1.09. The largest absolute Gasteiger partial charge is 0.463 e.